The average Bonchev–Trinajstić information content (AvgIpc) is 2.35. The van der Waals surface area contributed by atoms with Crippen LogP contribution < -0.4 is 0 Å². The number of likely N-dealkylation sites (tertiary alicyclic amines) is 1. The summed E-state index contributed by atoms with van der Waals surface area (Å²) in [7, 11) is 0. The lowest BCUT2D eigenvalue weighted by atomic mass is 10.4. The first-order valence-electron chi connectivity index (χ1n) is 3.80. The van der Waals surface area contributed by atoms with E-state index in [1.807, 2.05) is 12.2 Å². The smallest absolute Gasteiger partial charge is 0.229 e. The molecule has 1 saturated heterocycles. The van der Waals surface area contributed by atoms with Gasteiger partial charge >= 0.3 is 0 Å². The number of amides is 2. The zero-order chi connectivity index (χ0) is 8.97. The number of allylic oxidation sites excluding steroid dienone is 1. The van der Waals surface area contributed by atoms with Crippen molar-refractivity contribution in [1.82, 2.24) is 4.90 Å². The molecule has 0 aliphatic carbocycles. The molecule has 0 radical (unpaired) electrons. The number of imide groups is 1. The van der Waals surface area contributed by atoms with E-state index < -0.39 is 0 Å². The molecule has 1 aliphatic heterocycles. The number of rotatable bonds is 3. The second-order valence-corrected chi connectivity index (χ2v) is 3.17. The van der Waals surface area contributed by atoms with Crippen molar-refractivity contribution >= 4 is 27.7 Å². The van der Waals surface area contributed by atoms with E-state index in [0.717, 1.165) is 5.33 Å². The van der Waals surface area contributed by atoms with Gasteiger partial charge in [0.25, 0.3) is 0 Å². The van der Waals surface area contributed by atoms with Gasteiger partial charge in [-0.15, -0.1) is 0 Å². The zero-order valence-corrected chi connectivity index (χ0v) is 8.21. The molecule has 0 spiro atoms. The predicted molar refractivity (Wildman–Crippen MR) is 48.9 cm³/mol. The molecule has 3 nitrogen and oxygen atoms in total. The monoisotopic (exact) mass is 231 g/mol. The van der Waals surface area contributed by atoms with Crippen LogP contribution in [-0.4, -0.2) is 28.6 Å². The molecule has 12 heavy (non-hydrogen) atoms. The summed E-state index contributed by atoms with van der Waals surface area (Å²) >= 11 is 3.21. The maximum Gasteiger partial charge on any atom is 0.229 e. The van der Waals surface area contributed by atoms with E-state index in [-0.39, 0.29) is 11.8 Å². The summed E-state index contributed by atoms with van der Waals surface area (Å²) in [5, 5.41) is 0.753. The van der Waals surface area contributed by atoms with Gasteiger partial charge in [0, 0.05) is 24.7 Å². The third kappa shape index (κ3) is 2.17. The van der Waals surface area contributed by atoms with Crippen LogP contribution in [0.3, 0.4) is 0 Å². The lowest BCUT2D eigenvalue weighted by Gasteiger charge is -2.09. The van der Waals surface area contributed by atoms with E-state index in [4.69, 9.17) is 0 Å². The highest BCUT2D eigenvalue weighted by Gasteiger charge is 2.27. The molecule has 0 aromatic rings. The Morgan fingerprint density at radius 3 is 2.33 bits per heavy atom. The van der Waals surface area contributed by atoms with Crippen molar-refractivity contribution < 1.29 is 9.59 Å². The molecule has 1 aliphatic rings. The van der Waals surface area contributed by atoms with Crippen LogP contribution in [0.5, 0.6) is 0 Å². The van der Waals surface area contributed by atoms with E-state index >= 15 is 0 Å². The summed E-state index contributed by atoms with van der Waals surface area (Å²) in [5.74, 6) is -0.113. The van der Waals surface area contributed by atoms with Gasteiger partial charge in [0.2, 0.25) is 11.8 Å². The maximum absolute atomic E-state index is 11.0. The van der Waals surface area contributed by atoms with Gasteiger partial charge in [0.1, 0.15) is 0 Å². The van der Waals surface area contributed by atoms with Crippen molar-refractivity contribution in [2.24, 2.45) is 0 Å². The second kappa shape index (κ2) is 4.40. The van der Waals surface area contributed by atoms with Crippen LogP contribution in [0.4, 0.5) is 0 Å². The molecule has 0 atom stereocenters. The molecular formula is C8H10BrNO2. The zero-order valence-electron chi connectivity index (χ0n) is 6.62. The highest BCUT2D eigenvalue weighted by Crippen LogP contribution is 2.10. The first kappa shape index (κ1) is 9.45. The van der Waals surface area contributed by atoms with Crippen molar-refractivity contribution in [2.45, 2.75) is 12.8 Å². The first-order chi connectivity index (χ1) is 5.75. The number of nitrogens with zero attached hydrogens (tertiary/aromatic N) is 1. The molecule has 4 heteroatoms. The van der Waals surface area contributed by atoms with E-state index in [1.54, 1.807) is 0 Å². The van der Waals surface area contributed by atoms with Crippen LogP contribution in [-0.2, 0) is 9.59 Å². The normalized spacial score (nSPS) is 18.2. The van der Waals surface area contributed by atoms with Crippen molar-refractivity contribution in [3.63, 3.8) is 0 Å². The first-order valence-corrected chi connectivity index (χ1v) is 4.92. The average molecular weight is 232 g/mol. The molecule has 1 rings (SSSR count). The van der Waals surface area contributed by atoms with Crippen molar-refractivity contribution in [2.75, 3.05) is 11.9 Å². The van der Waals surface area contributed by atoms with Gasteiger partial charge in [-0.3, -0.25) is 14.5 Å². The number of carbonyl (C=O) groups excluding carboxylic acids is 2. The van der Waals surface area contributed by atoms with Gasteiger partial charge in [-0.1, -0.05) is 28.1 Å². The summed E-state index contributed by atoms with van der Waals surface area (Å²) in [6.07, 6.45) is 4.44. The molecule has 0 aromatic heterocycles. The molecule has 0 aromatic carbocycles. The Balaban J connectivity index is 2.45. The van der Waals surface area contributed by atoms with Crippen LogP contribution in [0.2, 0.25) is 0 Å². The standard InChI is InChI=1S/C8H10BrNO2/c9-5-1-2-6-10-7(11)3-4-8(10)12/h1-2H,3-6H2/b2-1+. The number of hydrogen-bond acceptors (Lipinski definition) is 2. The van der Waals surface area contributed by atoms with Crippen molar-refractivity contribution in [1.29, 1.82) is 0 Å². The molecular weight excluding hydrogens is 222 g/mol. The minimum absolute atomic E-state index is 0.0563. The van der Waals surface area contributed by atoms with Crippen LogP contribution in [0.1, 0.15) is 12.8 Å². The second-order valence-electron chi connectivity index (χ2n) is 2.52. The molecule has 0 saturated carbocycles. The Morgan fingerprint density at radius 2 is 1.83 bits per heavy atom. The van der Waals surface area contributed by atoms with Crippen LogP contribution >= 0.6 is 15.9 Å². The van der Waals surface area contributed by atoms with Crippen LogP contribution in [0.15, 0.2) is 12.2 Å². The molecule has 2 amide bonds. The minimum atomic E-state index is -0.0563. The largest absolute Gasteiger partial charge is 0.279 e. The van der Waals surface area contributed by atoms with E-state index in [2.05, 4.69) is 15.9 Å². The number of hydrogen-bond donors (Lipinski definition) is 0. The van der Waals surface area contributed by atoms with Gasteiger partial charge < -0.3 is 0 Å². The third-order valence-electron chi connectivity index (χ3n) is 1.70. The third-order valence-corrected chi connectivity index (χ3v) is 2.07. The Morgan fingerprint density at radius 1 is 1.25 bits per heavy atom. The number of alkyl halides is 1. The summed E-state index contributed by atoms with van der Waals surface area (Å²) in [4.78, 5) is 23.4. The molecule has 0 unspecified atom stereocenters. The van der Waals surface area contributed by atoms with Crippen molar-refractivity contribution in [3.8, 4) is 0 Å². The maximum atomic E-state index is 11.0. The Hall–Kier alpha value is -0.640. The van der Waals surface area contributed by atoms with Crippen molar-refractivity contribution in [3.05, 3.63) is 12.2 Å². The molecule has 0 bridgehead atoms. The number of carbonyl (C=O) groups is 2. The summed E-state index contributed by atoms with van der Waals surface area (Å²) in [6, 6.07) is 0. The highest BCUT2D eigenvalue weighted by molar-refractivity contribution is 9.09. The van der Waals surface area contributed by atoms with E-state index in [1.165, 1.54) is 4.90 Å². The summed E-state index contributed by atoms with van der Waals surface area (Å²) in [5.41, 5.74) is 0. The van der Waals surface area contributed by atoms with E-state index in [0.29, 0.717) is 19.4 Å². The Bertz CT molecular complexity index is 209. The fourth-order valence-electron chi connectivity index (χ4n) is 1.07. The van der Waals surface area contributed by atoms with E-state index in [9.17, 15) is 9.59 Å². The predicted octanol–water partition coefficient (Wildman–Crippen LogP) is 1.09. The fourth-order valence-corrected chi connectivity index (χ4v) is 1.33. The molecule has 1 fully saturated rings. The van der Waals surface area contributed by atoms with Crippen LogP contribution in [0, 0.1) is 0 Å². The molecule has 0 N–H and O–H groups in total. The van der Waals surface area contributed by atoms with Gasteiger partial charge in [0.05, 0.1) is 0 Å². The quantitative estimate of drug-likeness (QED) is 0.415. The highest BCUT2D eigenvalue weighted by atomic mass is 79.9. The van der Waals surface area contributed by atoms with Gasteiger partial charge in [-0.2, -0.15) is 0 Å². The summed E-state index contributed by atoms with van der Waals surface area (Å²) in [6.45, 7) is 0.420. The molecule has 66 valence electrons. The van der Waals surface area contributed by atoms with Crippen LogP contribution in [0.25, 0.3) is 0 Å². The van der Waals surface area contributed by atoms with Gasteiger partial charge in [-0.25, -0.2) is 0 Å². The van der Waals surface area contributed by atoms with Gasteiger partial charge in [-0.05, 0) is 0 Å². The number of halogens is 1. The lowest BCUT2D eigenvalue weighted by Crippen LogP contribution is -2.28. The van der Waals surface area contributed by atoms with Gasteiger partial charge in [0.15, 0.2) is 0 Å². The fraction of sp³-hybridized carbons (Fsp3) is 0.500. The molecule has 1 heterocycles. The minimum Gasteiger partial charge on any atom is -0.279 e. The topological polar surface area (TPSA) is 37.4 Å². The SMILES string of the molecule is O=C1CCC(=O)N1C/C=C/CBr. The Labute approximate surface area is 79.5 Å². The Kier molecular flexibility index (Phi) is 3.47. The lowest BCUT2D eigenvalue weighted by molar-refractivity contribution is -0.137. The summed E-state index contributed by atoms with van der Waals surface area (Å²) < 4.78 is 0.